The van der Waals surface area contributed by atoms with E-state index in [-0.39, 0.29) is 32.5 Å². The maximum Gasteiger partial charge on any atom is 0.305 e. The van der Waals surface area contributed by atoms with Crippen LogP contribution in [0.25, 0.3) is 20.9 Å². The van der Waals surface area contributed by atoms with Crippen LogP contribution >= 0.6 is 0 Å². The van der Waals surface area contributed by atoms with Crippen LogP contribution in [0.5, 0.6) is 0 Å². The summed E-state index contributed by atoms with van der Waals surface area (Å²) in [5.74, 6) is -5.84. The molecule has 0 aromatic heterocycles. The summed E-state index contributed by atoms with van der Waals surface area (Å²) in [5, 5.41) is 31.0. The molecule has 0 aliphatic rings. The normalized spacial score (nSPS) is 10.3. The number of unbranched alkanes of at least 4 members (excludes halogenated alkanes) is 1. The predicted molar refractivity (Wildman–Crippen MR) is 144 cm³/mol. The average molecular weight is 612 g/mol. The Morgan fingerprint density at radius 2 is 1.07 bits per heavy atom. The third kappa shape index (κ3) is 21.8. The van der Waals surface area contributed by atoms with E-state index in [0.29, 0.717) is 12.8 Å². The van der Waals surface area contributed by atoms with Crippen LogP contribution in [0, 0.1) is 0 Å². The summed E-state index contributed by atoms with van der Waals surface area (Å²) in [6, 6.07) is -1.09. The Balaban J connectivity index is 4.55. The number of carbonyl (C=O) groups is 8. The summed E-state index contributed by atoms with van der Waals surface area (Å²) < 4.78 is 0. The summed E-state index contributed by atoms with van der Waals surface area (Å²) >= 11 is 0. The first-order chi connectivity index (χ1) is 20.5. The van der Waals surface area contributed by atoms with Gasteiger partial charge in [0.05, 0.1) is 32.6 Å². The summed E-state index contributed by atoms with van der Waals surface area (Å²) in [6.45, 7) is -2.84. The van der Waals surface area contributed by atoms with Crippen molar-refractivity contribution in [2.45, 2.75) is 31.7 Å². The molecule has 8 N–H and O–H groups in total. The standard InChI is InChI=1S/C21H33N13O9/c22-33-30-11-17(38)27-8-15(36)26-7-14(35)24-5-2-1-3-13(21(43)25-6-4-20(41)42)32-19(40)10-29-16(37)9-28-18(39)12-31-34-23/h13H,1-12H2,(H,24,35)(H,25,43)(H,26,36)(H,27,38)(H,28,39)(H,29,37)(H,32,40)(H,41,42). The molecule has 0 saturated carbocycles. The van der Waals surface area contributed by atoms with Gasteiger partial charge < -0.3 is 42.3 Å². The number of hydrogen-bond donors (Lipinski definition) is 8. The van der Waals surface area contributed by atoms with Crippen LogP contribution in [0.15, 0.2) is 10.2 Å². The first-order valence-electron chi connectivity index (χ1n) is 12.6. The van der Waals surface area contributed by atoms with E-state index in [9.17, 15) is 38.4 Å². The van der Waals surface area contributed by atoms with Crippen molar-refractivity contribution in [1.29, 1.82) is 0 Å². The molecule has 7 amide bonds. The van der Waals surface area contributed by atoms with Crippen molar-refractivity contribution in [3.05, 3.63) is 20.9 Å². The highest BCUT2D eigenvalue weighted by Crippen LogP contribution is 2.02. The molecule has 0 radical (unpaired) electrons. The number of carboxylic acids is 1. The molecule has 0 aliphatic carbocycles. The lowest BCUT2D eigenvalue weighted by molar-refractivity contribution is -0.137. The molecular weight excluding hydrogens is 578 g/mol. The molecule has 0 heterocycles. The monoisotopic (exact) mass is 611 g/mol. The Bertz CT molecular complexity index is 1120. The van der Waals surface area contributed by atoms with Gasteiger partial charge in [0.15, 0.2) is 0 Å². The minimum atomic E-state index is -1.14. The maximum absolute atomic E-state index is 12.5. The highest BCUT2D eigenvalue weighted by atomic mass is 16.4. The Morgan fingerprint density at radius 3 is 1.56 bits per heavy atom. The van der Waals surface area contributed by atoms with Gasteiger partial charge in [-0.2, -0.15) is 0 Å². The van der Waals surface area contributed by atoms with Gasteiger partial charge in [-0.1, -0.05) is 10.2 Å². The van der Waals surface area contributed by atoms with Crippen LogP contribution in [-0.2, 0) is 38.4 Å². The SMILES string of the molecule is [N-]=[N+]=NCC(=O)NCC(=O)NCC(=O)NCCCCC(NC(=O)CNC(=O)CNC(=O)CN=[N+]=[N-])C(=O)NCCC(=O)O. The van der Waals surface area contributed by atoms with Crippen LogP contribution < -0.4 is 37.2 Å². The lowest BCUT2D eigenvalue weighted by atomic mass is 10.1. The molecular formula is C21H33N13O9. The Morgan fingerprint density at radius 1 is 0.605 bits per heavy atom. The molecule has 0 saturated heterocycles. The van der Waals surface area contributed by atoms with Crippen molar-refractivity contribution in [2.24, 2.45) is 10.2 Å². The molecule has 236 valence electrons. The van der Waals surface area contributed by atoms with Crippen LogP contribution in [0.4, 0.5) is 0 Å². The van der Waals surface area contributed by atoms with Gasteiger partial charge in [-0.05, 0) is 30.3 Å². The number of amides is 7. The van der Waals surface area contributed by atoms with Crippen molar-refractivity contribution in [3.8, 4) is 0 Å². The fraction of sp³-hybridized carbons (Fsp3) is 0.619. The Hall–Kier alpha value is -5.62. The second-order valence-corrected chi connectivity index (χ2v) is 8.29. The first-order valence-corrected chi connectivity index (χ1v) is 12.6. The van der Waals surface area contributed by atoms with E-state index in [1.54, 1.807) is 0 Å². The second-order valence-electron chi connectivity index (χ2n) is 8.29. The van der Waals surface area contributed by atoms with Gasteiger partial charge in [0, 0.05) is 22.9 Å². The molecule has 0 aliphatic heterocycles. The topological polar surface area (TPSA) is 339 Å². The van der Waals surface area contributed by atoms with E-state index < -0.39 is 86.1 Å². The Labute approximate surface area is 243 Å². The fourth-order valence-corrected chi connectivity index (χ4v) is 2.84. The molecule has 22 heteroatoms. The second kappa shape index (κ2) is 23.1. The summed E-state index contributed by atoms with van der Waals surface area (Å²) in [5.41, 5.74) is 16.3. The van der Waals surface area contributed by atoms with Crippen molar-refractivity contribution in [3.63, 3.8) is 0 Å². The third-order valence-electron chi connectivity index (χ3n) is 4.87. The highest BCUT2D eigenvalue weighted by Gasteiger charge is 2.21. The lowest BCUT2D eigenvalue weighted by Crippen LogP contribution is -2.50. The number of aliphatic carboxylic acids is 1. The molecule has 1 atom stereocenters. The third-order valence-corrected chi connectivity index (χ3v) is 4.87. The largest absolute Gasteiger partial charge is 0.481 e. The van der Waals surface area contributed by atoms with Gasteiger partial charge in [0.25, 0.3) is 0 Å². The van der Waals surface area contributed by atoms with Crippen molar-refractivity contribution < 1.29 is 43.5 Å². The van der Waals surface area contributed by atoms with Gasteiger partial charge in [0.1, 0.15) is 19.1 Å². The minimum absolute atomic E-state index is 0.0935. The fourth-order valence-electron chi connectivity index (χ4n) is 2.84. The van der Waals surface area contributed by atoms with Crippen molar-refractivity contribution in [2.75, 3.05) is 52.4 Å². The van der Waals surface area contributed by atoms with E-state index in [0.717, 1.165) is 0 Å². The molecule has 0 fully saturated rings. The molecule has 0 bridgehead atoms. The number of hydrogen-bond acceptors (Lipinski definition) is 10. The number of rotatable bonds is 22. The van der Waals surface area contributed by atoms with Gasteiger partial charge in [0.2, 0.25) is 41.4 Å². The van der Waals surface area contributed by atoms with E-state index in [1.807, 2.05) is 0 Å². The minimum Gasteiger partial charge on any atom is -0.481 e. The molecule has 43 heavy (non-hydrogen) atoms. The number of carboxylic acid groups (broad SMARTS) is 1. The van der Waals surface area contributed by atoms with Gasteiger partial charge in [-0.15, -0.1) is 0 Å². The smallest absolute Gasteiger partial charge is 0.305 e. The van der Waals surface area contributed by atoms with Gasteiger partial charge in [-0.3, -0.25) is 38.4 Å². The van der Waals surface area contributed by atoms with Crippen molar-refractivity contribution in [1.82, 2.24) is 37.2 Å². The predicted octanol–water partition coefficient (Wildman–Crippen LogP) is -3.57. The van der Waals surface area contributed by atoms with Crippen LogP contribution in [0.2, 0.25) is 0 Å². The van der Waals surface area contributed by atoms with Gasteiger partial charge >= 0.3 is 5.97 Å². The van der Waals surface area contributed by atoms with Crippen LogP contribution in [-0.4, -0.2) is 111 Å². The molecule has 0 rings (SSSR count). The van der Waals surface area contributed by atoms with Crippen LogP contribution in [0.1, 0.15) is 25.7 Å². The zero-order valence-electron chi connectivity index (χ0n) is 23.0. The van der Waals surface area contributed by atoms with Crippen molar-refractivity contribution >= 4 is 47.3 Å². The molecule has 22 nitrogen and oxygen atoms in total. The summed E-state index contributed by atoms with van der Waals surface area (Å²) in [7, 11) is 0. The quantitative estimate of drug-likeness (QED) is 0.0259. The van der Waals surface area contributed by atoms with E-state index in [2.05, 4.69) is 57.3 Å². The number of nitrogens with one attached hydrogen (secondary N) is 7. The van der Waals surface area contributed by atoms with E-state index in [4.69, 9.17) is 16.2 Å². The zero-order chi connectivity index (χ0) is 32.5. The van der Waals surface area contributed by atoms with Gasteiger partial charge in [-0.25, -0.2) is 0 Å². The zero-order valence-corrected chi connectivity index (χ0v) is 23.0. The number of carbonyl (C=O) groups excluding carboxylic acids is 7. The molecule has 0 aromatic rings. The number of azide groups is 2. The Kier molecular flexibility index (Phi) is 20.1. The van der Waals surface area contributed by atoms with Crippen LogP contribution in [0.3, 0.4) is 0 Å². The molecule has 1 unspecified atom stereocenters. The maximum atomic E-state index is 12.5. The number of nitrogens with zero attached hydrogens (tertiary/aromatic N) is 6. The average Bonchev–Trinajstić information content (AvgIpc) is 2.97. The first kappa shape index (κ1) is 37.4. The molecule has 0 aromatic carbocycles. The highest BCUT2D eigenvalue weighted by molar-refractivity contribution is 5.91. The summed E-state index contributed by atoms with van der Waals surface area (Å²) in [6.07, 6.45) is 0.426. The lowest BCUT2D eigenvalue weighted by Gasteiger charge is -2.18. The van der Waals surface area contributed by atoms with E-state index in [1.165, 1.54) is 0 Å². The van der Waals surface area contributed by atoms with E-state index >= 15 is 0 Å². The summed E-state index contributed by atoms with van der Waals surface area (Å²) in [4.78, 5) is 98.2. The molecule has 0 spiro atoms.